The zero-order valence-electron chi connectivity index (χ0n) is 11.8. The summed E-state index contributed by atoms with van der Waals surface area (Å²) >= 11 is 5.84. The summed E-state index contributed by atoms with van der Waals surface area (Å²) in [5.41, 5.74) is -0.679. The Morgan fingerprint density at radius 2 is 1.85 bits per heavy atom. The quantitative estimate of drug-likeness (QED) is 0.865. The van der Waals surface area contributed by atoms with Crippen LogP contribution >= 0.6 is 11.6 Å². The molecule has 1 rings (SSSR count). The molecule has 0 saturated carbocycles. The molecule has 0 aliphatic heterocycles. The number of hydrogen-bond donors (Lipinski definition) is 1. The third-order valence-corrected chi connectivity index (χ3v) is 4.26. The molecule has 0 aromatic heterocycles. The lowest BCUT2D eigenvalue weighted by Crippen LogP contribution is -2.42. The van der Waals surface area contributed by atoms with Crippen LogP contribution in [0.25, 0.3) is 0 Å². The predicted molar refractivity (Wildman–Crippen MR) is 77.1 cm³/mol. The van der Waals surface area contributed by atoms with Gasteiger partial charge < -0.3 is 4.74 Å². The summed E-state index contributed by atoms with van der Waals surface area (Å²) in [6, 6.07) is 5.01. The normalized spacial score (nSPS) is 13.8. The first kappa shape index (κ1) is 16.9. The lowest BCUT2D eigenvalue weighted by molar-refractivity contribution is -0.156. The molecule has 0 aliphatic carbocycles. The molecule has 1 aromatic carbocycles. The molecule has 0 amide bonds. The summed E-state index contributed by atoms with van der Waals surface area (Å²) in [4.78, 5) is 11.7. The Kier molecular flexibility index (Phi) is 5.18. The number of rotatable bonds is 4. The molecule has 0 spiro atoms. The van der Waals surface area contributed by atoms with E-state index in [1.165, 1.54) is 19.1 Å². The van der Waals surface area contributed by atoms with Crippen LogP contribution in [0.5, 0.6) is 0 Å². The Hall–Kier alpha value is -1.11. The number of carbonyl (C=O) groups is 1. The third-order valence-electron chi connectivity index (χ3n) is 2.22. The van der Waals surface area contributed by atoms with Crippen molar-refractivity contribution in [3.8, 4) is 0 Å². The van der Waals surface area contributed by atoms with Crippen LogP contribution in [0.3, 0.4) is 0 Å². The van der Waals surface area contributed by atoms with Gasteiger partial charge in [-0.2, -0.15) is 4.72 Å². The molecule has 1 atom stereocenters. The SMILES string of the molecule is C[C@H](NS(=O)(=O)c1ccccc1Cl)C(=O)OC(C)(C)C. The highest BCUT2D eigenvalue weighted by molar-refractivity contribution is 7.89. The molecule has 0 fully saturated rings. The summed E-state index contributed by atoms with van der Waals surface area (Å²) in [5, 5.41) is 0.0939. The van der Waals surface area contributed by atoms with E-state index in [4.69, 9.17) is 16.3 Å². The van der Waals surface area contributed by atoms with Crippen molar-refractivity contribution in [1.82, 2.24) is 4.72 Å². The molecule has 0 heterocycles. The van der Waals surface area contributed by atoms with Crippen LogP contribution in [0.15, 0.2) is 29.2 Å². The maximum absolute atomic E-state index is 12.1. The van der Waals surface area contributed by atoms with E-state index in [1.807, 2.05) is 0 Å². The highest BCUT2D eigenvalue weighted by Crippen LogP contribution is 2.20. The van der Waals surface area contributed by atoms with Gasteiger partial charge in [-0.3, -0.25) is 4.79 Å². The first-order valence-electron chi connectivity index (χ1n) is 6.02. The number of ether oxygens (including phenoxy) is 1. The van der Waals surface area contributed by atoms with Crippen LogP contribution in [0.2, 0.25) is 5.02 Å². The third kappa shape index (κ3) is 4.77. The fourth-order valence-corrected chi connectivity index (χ4v) is 3.11. The Bertz CT molecular complexity index is 593. The number of sulfonamides is 1. The second kappa shape index (κ2) is 6.11. The first-order chi connectivity index (χ1) is 9.03. The minimum absolute atomic E-state index is 0.0722. The summed E-state index contributed by atoms with van der Waals surface area (Å²) in [5.74, 6) is -0.645. The van der Waals surface area contributed by atoms with Gasteiger partial charge in [0.05, 0.1) is 5.02 Å². The van der Waals surface area contributed by atoms with Crippen molar-refractivity contribution in [3.63, 3.8) is 0 Å². The summed E-state index contributed by atoms with van der Waals surface area (Å²) in [7, 11) is -3.87. The number of hydrogen-bond acceptors (Lipinski definition) is 4. The second-order valence-electron chi connectivity index (χ2n) is 5.31. The Balaban J connectivity index is 2.87. The second-order valence-corrected chi connectivity index (χ2v) is 7.40. The molecule has 0 aliphatic rings. The van der Waals surface area contributed by atoms with Gasteiger partial charge in [-0.15, -0.1) is 0 Å². The van der Waals surface area contributed by atoms with Gasteiger partial charge in [0.1, 0.15) is 16.5 Å². The molecule has 0 unspecified atom stereocenters. The number of nitrogens with one attached hydrogen (secondary N) is 1. The fraction of sp³-hybridized carbons (Fsp3) is 0.462. The van der Waals surface area contributed by atoms with Crippen molar-refractivity contribution in [1.29, 1.82) is 0 Å². The highest BCUT2D eigenvalue weighted by atomic mass is 35.5. The Morgan fingerprint density at radius 3 is 2.35 bits per heavy atom. The molecule has 7 heteroatoms. The summed E-state index contributed by atoms with van der Waals surface area (Å²) < 4.78 is 31.6. The zero-order valence-corrected chi connectivity index (χ0v) is 13.4. The number of carbonyl (C=O) groups excluding carboxylic acids is 1. The average Bonchev–Trinajstić information content (AvgIpc) is 2.26. The maximum atomic E-state index is 12.1. The lowest BCUT2D eigenvalue weighted by Gasteiger charge is -2.22. The topological polar surface area (TPSA) is 72.5 Å². The molecule has 112 valence electrons. The molecular weight excluding hydrogens is 302 g/mol. The highest BCUT2D eigenvalue weighted by Gasteiger charge is 2.27. The number of halogens is 1. The minimum Gasteiger partial charge on any atom is -0.459 e. The molecule has 5 nitrogen and oxygen atoms in total. The fourth-order valence-electron chi connectivity index (χ4n) is 1.40. The number of esters is 1. The van der Waals surface area contributed by atoms with E-state index >= 15 is 0 Å². The minimum atomic E-state index is -3.87. The molecule has 0 saturated heterocycles. The van der Waals surface area contributed by atoms with Crippen molar-refractivity contribution in [2.75, 3.05) is 0 Å². The van der Waals surface area contributed by atoms with Crippen molar-refractivity contribution in [2.24, 2.45) is 0 Å². The van der Waals surface area contributed by atoms with Crippen molar-refractivity contribution in [3.05, 3.63) is 29.3 Å². The van der Waals surface area contributed by atoms with Gasteiger partial charge in [-0.25, -0.2) is 8.42 Å². The maximum Gasteiger partial charge on any atom is 0.324 e. The van der Waals surface area contributed by atoms with Crippen molar-refractivity contribution < 1.29 is 17.9 Å². The molecule has 0 radical (unpaired) electrons. The van der Waals surface area contributed by atoms with Gasteiger partial charge in [-0.05, 0) is 39.8 Å². The van der Waals surface area contributed by atoms with Crippen LogP contribution in [0, 0.1) is 0 Å². The van der Waals surface area contributed by atoms with Crippen LogP contribution in [-0.4, -0.2) is 26.0 Å². The summed E-state index contributed by atoms with van der Waals surface area (Å²) in [6.45, 7) is 6.54. The predicted octanol–water partition coefficient (Wildman–Crippen LogP) is 2.35. The van der Waals surface area contributed by atoms with Gasteiger partial charge in [0.2, 0.25) is 10.0 Å². The van der Waals surface area contributed by atoms with Gasteiger partial charge >= 0.3 is 5.97 Å². The van der Waals surface area contributed by atoms with E-state index in [0.29, 0.717) is 0 Å². The molecule has 1 N–H and O–H groups in total. The van der Waals surface area contributed by atoms with Crippen molar-refractivity contribution in [2.45, 2.75) is 44.2 Å². The molecular formula is C13H18ClNO4S. The number of benzene rings is 1. The lowest BCUT2D eigenvalue weighted by atomic mass is 10.2. The Labute approximate surface area is 124 Å². The first-order valence-corrected chi connectivity index (χ1v) is 7.89. The van der Waals surface area contributed by atoms with E-state index in [1.54, 1.807) is 32.9 Å². The van der Waals surface area contributed by atoms with Gasteiger partial charge in [0.15, 0.2) is 0 Å². The molecule has 1 aromatic rings. The average molecular weight is 320 g/mol. The van der Waals surface area contributed by atoms with Gasteiger partial charge in [-0.1, -0.05) is 23.7 Å². The van der Waals surface area contributed by atoms with Gasteiger partial charge in [0, 0.05) is 0 Å². The smallest absolute Gasteiger partial charge is 0.324 e. The Morgan fingerprint density at radius 1 is 1.30 bits per heavy atom. The van der Waals surface area contributed by atoms with E-state index in [2.05, 4.69) is 4.72 Å². The zero-order chi connectivity index (χ0) is 15.6. The molecule has 0 bridgehead atoms. The van der Waals surface area contributed by atoms with Crippen LogP contribution in [0.1, 0.15) is 27.7 Å². The monoisotopic (exact) mass is 319 g/mol. The van der Waals surface area contributed by atoms with E-state index < -0.39 is 27.6 Å². The molecule has 20 heavy (non-hydrogen) atoms. The summed E-state index contributed by atoms with van der Waals surface area (Å²) in [6.07, 6.45) is 0. The van der Waals surface area contributed by atoms with Crippen LogP contribution in [0.4, 0.5) is 0 Å². The van der Waals surface area contributed by atoms with E-state index in [-0.39, 0.29) is 9.92 Å². The largest absolute Gasteiger partial charge is 0.459 e. The standard InChI is InChI=1S/C13H18ClNO4S/c1-9(12(16)19-13(2,3)4)15-20(17,18)11-8-6-5-7-10(11)14/h5-9,15H,1-4H3/t9-/m0/s1. The van der Waals surface area contributed by atoms with Crippen LogP contribution < -0.4 is 4.72 Å². The van der Waals surface area contributed by atoms with E-state index in [0.717, 1.165) is 0 Å². The van der Waals surface area contributed by atoms with Gasteiger partial charge in [0.25, 0.3) is 0 Å². The van der Waals surface area contributed by atoms with Crippen molar-refractivity contribution >= 4 is 27.6 Å². The van der Waals surface area contributed by atoms with Crippen LogP contribution in [-0.2, 0) is 19.6 Å². The van der Waals surface area contributed by atoms with E-state index in [9.17, 15) is 13.2 Å².